The third-order valence-electron chi connectivity index (χ3n) is 4.06. The highest BCUT2D eigenvalue weighted by molar-refractivity contribution is 5.92. The van der Waals surface area contributed by atoms with Gasteiger partial charge in [-0.2, -0.15) is 0 Å². The average molecular weight is 429 g/mol. The predicted molar refractivity (Wildman–Crippen MR) is 116 cm³/mol. The lowest BCUT2D eigenvalue weighted by molar-refractivity contribution is -0.121. The number of benzene rings is 2. The van der Waals surface area contributed by atoms with Gasteiger partial charge in [0.1, 0.15) is 11.4 Å². The van der Waals surface area contributed by atoms with Crippen molar-refractivity contribution in [2.45, 2.75) is 45.8 Å². The van der Waals surface area contributed by atoms with E-state index in [1.807, 2.05) is 0 Å². The number of hydrogen-bond donors (Lipinski definition) is 3. The predicted octanol–water partition coefficient (Wildman–Crippen LogP) is 3.54. The van der Waals surface area contributed by atoms with Crippen LogP contribution < -0.4 is 16.0 Å². The molecule has 0 heterocycles. The Labute approximate surface area is 181 Å². The summed E-state index contributed by atoms with van der Waals surface area (Å²) in [5.74, 6) is -0.938. The zero-order valence-corrected chi connectivity index (χ0v) is 18.0. The second-order valence-corrected chi connectivity index (χ2v) is 7.97. The van der Waals surface area contributed by atoms with Gasteiger partial charge in [0.2, 0.25) is 11.8 Å². The van der Waals surface area contributed by atoms with Crippen molar-refractivity contribution in [2.24, 2.45) is 0 Å². The van der Waals surface area contributed by atoms with Crippen LogP contribution in [-0.4, -0.2) is 30.1 Å². The maximum absolute atomic E-state index is 13.6. The zero-order chi connectivity index (χ0) is 22.9. The number of anilines is 1. The van der Waals surface area contributed by atoms with Crippen LogP contribution in [0.3, 0.4) is 0 Å². The van der Waals surface area contributed by atoms with Crippen molar-refractivity contribution in [3.8, 4) is 0 Å². The number of ether oxygens (including phenoxy) is 1. The van der Waals surface area contributed by atoms with Gasteiger partial charge in [-0.3, -0.25) is 9.59 Å². The SMILES string of the molecule is CC(C)(C)OC(=O)NCCC(=O)NCc1ccc(NC(=O)Cc2ccccc2F)cc1. The van der Waals surface area contributed by atoms with Crippen LogP contribution in [0.5, 0.6) is 0 Å². The Morgan fingerprint density at radius 3 is 2.26 bits per heavy atom. The maximum atomic E-state index is 13.6. The molecule has 0 aliphatic heterocycles. The van der Waals surface area contributed by atoms with Crippen LogP contribution in [0.1, 0.15) is 38.3 Å². The van der Waals surface area contributed by atoms with Gasteiger partial charge in [-0.1, -0.05) is 30.3 Å². The van der Waals surface area contributed by atoms with Crippen LogP contribution in [0.25, 0.3) is 0 Å². The molecule has 0 saturated heterocycles. The Kier molecular flexibility index (Phi) is 8.54. The van der Waals surface area contributed by atoms with Crippen molar-refractivity contribution in [1.29, 1.82) is 0 Å². The van der Waals surface area contributed by atoms with E-state index < -0.39 is 17.5 Å². The highest BCUT2D eigenvalue weighted by Gasteiger charge is 2.15. The standard InChI is InChI=1S/C23H28FN3O4/c1-23(2,3)31-22(30)25-13-12-20(28)26-15-16-8-10-18(11-9-16)27-21(29)14-17-6-4-5-7-19(17)24/h4-11H,12-15H2,1-3H3,(H,25,30)(H,26,28)(H,27,29). The molecule has 8 heteroatoms. The molecular weight excluding hydrogens is 401 g/mol. The summed E-state index contributed by atoms with van der Waals surface area (Å²) in [5, 5.41) is 8.01. The third-order valence-corrected chi connectivity index (χ3v) is 4.06. The lowest BCUT2D eigenvalue weighted by Gasteiger charge is -2.19. The zero-order valence-electron chi connectivity index (χ0n) is 18.0. The first-order chi connectivity index (χ1) is 14.6. The minimum absolute atomic E-state index is 0.0538. The van der Waals surface area contributed by atoms with Crippen LogP contribution in [0, 0.1) is 5.82 Å². The molecule has 0 bridgehead atoms. The van der Waals surface area contributed by atoms with Gasteiger partial charge >= 0.3 is 6.09 Å². The summed E-state index contributed by atoms with van der Waals surface area (Å²) in [4.78, 5) is 35.5. The molecule has 0 aliphatic carbocycles. The molecule has 31 heavy (non-hydrogen) atoms. The van der Waals surface area contributed by atoms with Gasteiger partial charge < -0.3 is 20.7 Å². The van der Waals surface area contributed by atoms with E-state index in [0.29, 0.717) is 17.8 Å². The van der Waals surface area contributed by atoms with E-state index in [1.54, 1.807) is 63.2 Å². The van der Waals surface area contributed by atoms with E-state index in [2.05, 4.69) is 16.0 Å². The molecule has 2 aromatic rings. The summed E-state index contributed by atoms with van der Waals surface area (Å²) >= 11 is 0. The molecule has 7 nitrogen and oxygen atoms in total. The first kappa shape index (κ1) is 23.9. The van der Waals surface area contributed by atoms with E-state index >= 15 is 0 Å². The molecule has 0 radical (unpaired) electrons. The van der Waals surface area contributed by atoms with Crippen molar-refractivity contribution in [1.82, 2.24) is 10.6 Å². The molecular formula is C23H28FN3O4. The molecule has 166 valence electrons. The average Bonchev–Trinajstić information content (AvgIpc) is 2.68. The summed E-state index contributed by atoms with van der Waals surface area (Å²) in [7, 11) is 0. The van der Waals surface area contributed by atoms with Crippen LogP contribution in [0.2, 0.25) is 0 Å². The van der Waals surface area contributed by atoms with Gasteiger partial charge in [0.15, 0.2) is 0 Å². The lowest BCUT2D eigenvalue weighted by Crippen LogP contribution is -2.35. The van der Waals surface area contributed by atoms with Crippen LogP contribution in [-0.2, 0) is 27.3 Å². The van der Waals surface area contributed by atoms with E-state index in [4.69, 9.17) is 4.74 Å². The minimum Gasteiger partial charge on any atom is -0.444 e. The fourth-order valence-corrected chi connectivity index (χ4v) is 2.61. The number of alkyl carbamates (subject to hydrolysis) is 1. The second-order valence-electron chi connectivity index (χ2n) is 7.97. The summed E-state index contributed by atoms with van der Waals surface area (Å²) in [5.41, 5.74) is 1.18. The fourth-order valence-electron chi connectivity index (χ4n) is 2.61. The maximum Gasteiger partial charge on any atom is 0.407 e. The first-order valence-corrected chi connectivity index (χ1v) is 9.98. The fraction of sp³-hybridized carbons (Fsp3) is 0.348. The highest BCUT2D eigenvalue weighted by atomic mass is 19.1. The largest absolute Gasteiger partial charge is 0.444 e. The minimum atomic E-state index is -0.588. The Bertz CT molecular complexity index is 908. The summed E-state index contributed by atoms with van der Waals surface area (Å²) in [6.07, 6.45) is -0.487. The van der Waals surface area contributed by atoms with Crippen LogP contribution in [0.4, 0.5) is 14.9 Å². The molecule has 2 rings (SSSR count). The van der Waals surface area contributed by atoms with Gasteiger partial charge in [-0.05, 0) is 50.1 Å². The molecule has 0 atom stereocenters. The Hall–Kier alpha value is -3.42. The number of nitrogens with one attached hydrogen (secondary N) is 3. The Morgan fingerprint density at radius 1 is 0.935 bits per heavy atom. The monoisotopic (exact) mass is 429 g/mol. The number of carbonyl (C=O) groups is 3. The Morgan fingerprint density at radius 2 is 1.61 bits per heavy atom. The van der Waals surface area contributed by atoms with E-state index in [9.17, 15) is 18.8 Å². The number of hydrogen-bond acceptors (Lipinski definition) is 4. The smallest absolute Gasteiger partial charge is 0.407 e. The van der Waals surface area contributed by atoms with Gasteiger partial charge in [0, 0.05) is 25.2 Å². The molecule has 3 amide bonds. The van der Waals surface area contributed by atoms with Crippen molar-refractivity contribution >= 4 is 23.6 Å². The number of amides is 3. The summed E-state index contributed by atoms with van der Waals surface area (Å²) < 4.78 is 18.7. The third kappa shape index (κ3) is 9.29. The summed E-state index contributed by atoms with van der Waals surface area (Å²) in [6.45, 7) is 5.78. The highest BCUT2D eigenvalue weighted by Crippen LogP contribution is 2.12. The van der Waals surface area contributed by atoms with Crippen molar-refractivity contribution in [3.05, 3.63) is 65.5 Å². The quantitative estimate of drug-likeness (QED) is 0.598. The van der Waals surface area contributed by atoms with Gasteiger partial charge in [0.05, 0.1) is 6.42 Å². The van der Waals surface area contributed by atoms with Gasteiger partial charge in [0.25, 0.3) is 0 Å². The van der Waals surface area contributed by atoms with Crippen molar-refractivity contribution in [2.75, 3.05) is 11.9 Å². The van der Waals surface area contributed by atoms with E-state index in [-0.39, 0.29) is 31.2 Å². The topological polar surface area (TPSA) is 96.5 Å². The van der Waals surface area contributed by atoms with Gasteiger partial charge in [-0.25, -0.2) is 9.18 Å². The molecule has 0 fully saturated rings. The van der Waals surface area contributed by atoms with Gasteiger partial charge in [-0.15, -0.1) is 0 Å². The van der Waals surface area contributed by atoms with Crippen molar-refractivity contribution in [3.63, 3.8) is 0 Å². The normalized spacial score (nSPS) is 10.8. The first-order valence-electron chi connectivity index (χ1n) is 9.98. The molecule has 0 unspecified atom stereocenters. The molecule has 0 spiro atoms. The van der Waals surface area contributed by atoms with E-state index in [0.717, 1.165) is 5.56 Å². The molecule has 2 aromatic carbocycles. The number of halogens is 1. The van der Waals surface area contributed by atoms with E-state index in [1.165, 1.54) is 6.07 Å². The number of rotatable bonds is 8. The van der Waals surface area contributed by atoms with Crippen LogP contribution in [0.15, 0.2) is 48.5 Å². The van der Waals surface area contributed by atoms with Crippen molar-refractivity contribution < 1.29 is 23.5 Å². The summed E-state index contributed by atoms with van der Waals surface area (Å²) in [6, 6.07) is 13.1. The molecule has 0 aromatic heterocycles. The lowest BCUT2D eigenvalue weighted by atomic mass is 10.1. The van der Waals surface area contributed by atoms with Crippen LogP contribution >= 0.6 is 0 Å². The molecule has 0 aliphatic rings. The second kappa shape index (κ2) is 11.1. The number of carbonyl (C=O) groups excluding carboxylic acids is 3. The molecule has 3 N–H and O–H groups in total. The Balaban J connectivity index is 1.71. The molecule has 0 saturated carbocycles.